The van der Waals surface area contributed by atoms with Crippen LogP contribution in [-0.2, 0) is 19.0 Å². The molecule has 19 heavy (non-hydrogen) atoms. The van der Waals surface area contributed by atoms with Gasteiger partial charge in [0.05, 0.1) is 13.2 Å². The minimum atomic E-state index is 0.0456. The second kappa shape index (κ2) is 4.91. The molecule has 4 atom stereocenters. The van der Waals surface area contributed by atoms with Crippen molar-refractivity contribution in [2.45, 2.75) is 38.2 Å². The van der Waals surface area contributed by atoms with Crippen molar-refractivity contribution in [3.05, 3.63) is 11.8 Å². The molecular formula is C15H22O4. The van der Waals surface area contributed by atoms with Gasteiger partial charge in [0.15, 0.2) is 5.78 Å². The van der Waals surface area contributed by atoms with Crippen LogP contribution in [-0.4, -0.2) is 32.9 Å². The van der Waals surface area contributed by atoms with Crippen LogP contribution in [0.1, 0.15) is 32.1 Å². The van der Waals surface area contributed by atoms with Gasteiger partial charge in [0.2, 0.25) is 0 Å². The molecule has 0 saturated heterocycles. The van der Waals surface area contributed by atoms with Crippen LogP contribution in [0.4, 0.5) is 0 Å². The van der Waals surface area contributed by atoms with E-state index >= 15 is 0 Å². The van der Waals surface area contributed by atoms with Gasteiger partial charge in [0, 0.05) is 25.0 Å². The standard InChI is InChI=1S/C15H22O4/c1-17-9-19-13-8-15-7-10(13)3-4-11(15)5-12(16)6-14(15)18-2/h6,10-11,13H,3-5,7-9H2,1-2H3/t10?,11-,13-,15?/m0/s1. The van der Waals surface area contributed by atoms with E-state index in [1.54, 1.807) is 20.3 Å². The molecular weight excluding hydrogens is 244 g/mol. The van der Waals surface area contributed by atoms with Crippen molar-refractivity contribution in [2.75, 3.05) is 21.0 Å². The Kier molecular flexibility index (Phi) is 3.39. The summed E-state index contributed by atoms with van der Waals surface area (Å²) in [5, 5.41) is 0. The Balaban J connectivity index is 1.87. The van der Waals surface area contributed by atoms with Crippen molar-refractivity contribution in [3.8, 4) is 0 Å². The molecule has 0 heterocycles. The zero-order chi connectivity index (χ0) is 13.5. The lowest BCUT2D eigenvalue weighted by Gasteiger charge is -2.43. The minimum Gasteiger partial charge on any atom is -0.500 e. The molecule has 1 spiro atoms. The van der Waals surface area contributed by atoms with Crippen LogP contribution in [0, 0.1) is 17.3 Å². The molecule has 106 valence electrons. The summed E-state index contributed by atoms with van der Waals surface area (Å²) in [5.41, 5.74) is 0.0456. The highest BCUT2D eigenvalue weighted by molar-refractivity contribution is 5.91. The number of ketones is 1. The quantitative estimate of drug-likeness (QED) is 0.732. The molecule has 3 rings (SSSR count). The lowest BCUT2D eigenvalue weighted by molar-refractivity contribution is -0.119. The van der Waals surface area contributed by atoms with Crippen molar-refractivity contribution in [1.29, 1.82) is 0 Å². The van der Waals surface area contributed by atoms with E-state index in [9.17, 15) is 4.79 Å². The Labute approximate surface area is 114 Å². The average molecular weight is 266 g/mol. The van der Waals surface area contributed by atoms with E-state index in [0.29, 0.717) is 25.0 Å². The zero-order valence-electron chi connectivity index (χ0n) is 11.7. The topological polar surface area (TPSA) is 44.8 Å². The number of carbonyl (C=O) groups excluding carboxylic acids is 1. The molecule has 3 aliphatic rings. The SMILES string of the molecule is COCO[C@H]1CC23CC1CC[C@H]2CC(=O)C=C3OC. The molecule has 0 N–H and O–H groups in total. The van der Waals surface area contributed by atoms with E-state index in [1.807, 2.05) is 0 Å². The number of ether oxygens (including phenoxy) is 3. The number of hydrogen-bond donors (Lipinski definition) is 0. The molecule has 0 amide bonds. The second-order valence-electron chi connectivity index (χ2n) is 6.09. The largest absolute Gasteiger partial charge is 0.500 e. The third kappa shape index (κ3) is 2.01. The molecule has 4 heteroatoms. The van der Waals surface area contributed by atoms with E-state index in [2.05, 4.69) is 0 Å². The first-order valence-electron chi connectivity index (χ1n) is 7.09. The van der Waals surface area contributed by atoms with Crippen LogP contribution >= 0.6 is 0 Å². The van der Waals surface area contributed by atoms with Gasteiger partial charge in [-0.05, 0) is 37.5 Å². The Morgan fingerprint density at radius 1 is 1.32 bits per heavy atom. The van der Waals surface area contributed by atoms with Gasteiger partial charge in [-0.25, -0.2) is 0 Å². The van der Waals surface area contributed by atoms with Gasteiger partial charge in [-0.1, -0.05) is 0 Å². The molecule has 0 aromatic carbocycles. The fourth-order valence-corrected chi connectivity index (χ4v) is 4.43. The molecule has 2 saturated carbocycles. The Bertz CT molecular complexity index is 403. The lowest BCUT2D eigenvalue weighted by Crippen LogP contribution is -2.38. The Morgan fingerprint density at radius 3 is 2.89 bits per heavy atom. The monoisotopic (exact) mass is 266 g/mol. The molecule has 0 aromatic rings. The highest BCUT2D eigenvalue weighted by Gasteiger charge is 2.57. The molecule has 0 aromatic heterocycles. The summed E-state index contributed by atoms with van der Waals surface area (Å²) in [6, 6.07) is 0. The maximum absolute atomic E-state index is 11.8. The number of carbonyl (C=O) groups is 1. The smallest absolute Gasteiger partial charge is 0.159 e. The first-order valence-corrected chi connectivity index (χ1v) is 7.09. The van der Waals surface area contributed by atoms with Crippen LogP contribution in [0.15, 0.2) is 11.8 Å². The Hall–Kier alpha value is -0.870. The molecule has 0 radical (unpaired) electrons. The number of allylic oxidation sites excluding steroid dienone is 2. The van der Waals surface area contributed by atoms with Gasteiger partial charge in [-0.15, -0.1) is 0 Å². The molecule has 4 nitrogen and oxygen atoms in total. The summed E-state index contributed by atoms with van der Waals surface area (Å²) in [4.78, 5) is 11.8. The second-order valence-corrected chi connectivity index (χ2v) is 6.09. The van der Waals surface area contributed by atoms with Crippen molar-refractivity contribution in [1.82, 2.24) is 0 Å². The van der Waals surface area contributed by atoms with Crippen molar-refractivity contribution < 1.29 is 19.0 Å². The van der Waals surface area contributed by atoms with Gasteiger partial charge < -0.3 is 14.2 Å². The van der Waals surface area contributed by atoms with Crippen molar-refractivity contribution in [2.24, 2.45) is 17.3 Å². The number of methoxy groups -OCH3 is 2. The zero-order valence-corrected chi connectivity index (χ0v) is 11.7. The van der Waals surface area contributed by atoms with Gasteiger partial charge in [-0.2, -0.15) is 0 Å². The number of hydrogen-bond acceptors (Lipinski definition) is 4. The average Bonchev–Trinajstić information content (AvgIpc) is 2.70. The summed E-state index contributed by atoms with van der Waals surface area (Å²) >= 11 is 0. The van der Waals surface area contributed by atoms with E-state index in [4.69, 9.17) is 14.2 Å². The number of fused-ring (bicyclic) bond motifs is 1. The van der Waals surface area contributed by atoms with E-state index in [-0.39, 0.29) is 17.3 Å². The summed E-state index contributed by atoms with van der Waals surface area (Å²) in [7, 11) is 3.34. The molecule has 2 fully saturated rings. The highest BCUT2D eigenvalue weighted by Crippen LogP contribution is 2.61. The van der Waals surface area contributed by atoms with Crippen molar-refractivity contribution >= 4 is 5.78 Å². The lowest BCUT2D eigenvalue weighted by atomic mass is 9.62. The normalized spacial score (nSPS) is 40.8. The fourth-order valence-electron chi connectivity index (χ4n) is 4.43. The fraction of sp³-hybridized carbons (Fsp3) is 0.800. The van der Waals surface area contributed by atoms with Crippen LogP contribution in [0.25, 0.3) is 0 Å². The van der Waals surface area contributed by atoms with E-state index in [1.165, 1.54) is 0 Å². The maximum atomic E-state index is 11.8. The highest BCUT2D eigenvalue weighted by atomic mass is 16.7. The maximum Gasteiger partial charge on any atom is 0.159 e. The summed E-state index contributed by atoms with van der Waals surface area (Å²) in [6.45, 7) is 0.354. The van der Waals surface area contributed by atoms with Crippen LogP contribution in [0.3, 0.4) is 0 Å². The van der Waals surface area contributed by atoms with Gasteiger partial charge >= 0.3 is 0 Å². The third-order valence-electron chi connectivity index (χ3n) is 5.24. The first-order chi connectivity index (χ1) is 9.19. The van der Waals surface area contributed by atoms with Gasteiger partial charge in [-0.3, -0.25) is 4.79 Å². The molecule has 3 aliphatic carbocycles. The number of rotatable bonds is 4. The van der Waals surface area contributed by atoms with E-state index in [0.717, 1.165) is 31.4 Å². The molecule has 2 bridgehead atoms. The van der Waals surface area contributed by atoms with Crippen LogP contribution < -0.4 is 0 Å². The predicted octanol–water partition coefficient (Wildman–Crippen LogP) is 2.29. The first kappa shape index (κ1) is 13.1. The van der Waals surface area contributed by atoms with Gasteiger partial charge in [0.25, 0.3) is 0 Å². The molecule has 2 unspecified atom stereocenters. The predicted molar refractivity (Wildman–Crippen MR) is 69.3 cm³/mol. The third-order valence-corrected chi connectivity index (χ3v) is 5.24. The van der Waals surface area contributed by atoms with Crippen molar-refractivity contribution in [3.63, 3.8) is 0 Å². The molecule has 0 aliphatic heterocycles. The summed E-state index contributed by atoms with van der Waals surface area (Å²) < 4.78 is 16.4. The van der Waals surface area contributed by atoms with Gasteiger partial charge in [0.1, 0.15) is 12.6 Å². The Morgan fingerprint density at radius 2 is 2.16 bits per heavy atom. The van der Waals surface area contributed by atoms with Crippen LogP contribution in [0.5, 0.6) is 0 Å². The van der Waals surface area contributed by atoms with Crippen LogP contribution in [0.2, 0.25) is 0 Å². The van der Waals surface area contributed by atoms with E-state index < -0.39 is 0 Å². The summed E-state index contributed by atoms with van der Waals surface area (Å²) in [5.74, 6) is 2.12. The minimum absolute atomic E-state index is 0.0456. The summed E-state index contributed by atoms with van der Waals surface area (Å²) in [6.07, 6.45) is 6.98.